The molecule has 0 saturated heterocycles. The van der Waals surface area contributed by atoms with Crippen LogP contribution in [-0.2, 0) is 10.8 Å². The Morgan fingerprint density at radius 1 is 0.284 bits per heavy atom. The molecule has 10 aromatic carbocycles. The molecule has 1 heteroatoms. The van der Waals surface area contributed by atoms with Gasteiger partial charge in [0.25, 0.3) is 0 Å². The molecule has 0 aliphatic heterocycles. The van der Waals surface area contributed by atoms with Crippen LogP contribution in [0.3, 0.4) is 0 Å². The molecule has 0 aromatic heterocycles. The second kappa shape index (κ2) is 22.5. The van der Waals surface area contributed by atoms with Crippen LogP contribution in [0.1, 0.15) is 148 Å². The minimum atomic E-state index is -0.435. The van der Waals surface area contributed by atoms with Crippen LogP contribution in [0.25, 0.3) is 66.8 Å². The number of unbranched alkanes of at least 4 members (excludes halogenated alkanes) is 10. The van der Waals surface area contributed by atoms with Crippen LogP contribution in [0.15, 0.2) is 224 Å². The average molecular weight is 1050 g/mol. The minimum absolute atomic E-state index is 0.0365. The van der Waals surface area contributed by atoms with Gasteiger partial charge in [0.1, 0.15) is 0 Å². The summed E-state index contributed by atoms with van der Waals surface area (Å²) in [7, 11) is 0. The molecule has 13 rings (SSSR count). The fraction of sp³-hybridized carbons (Fsp3) is 0.250. The summed E-state index contributed by atoms with van der Waals surface area (Å²) in [5.74, 6) is 0. The van der Waals surface area contributed by atoms with Crippen molar-refractivity contribution in [2.24, 2.45) is 0 Å². The zero-order valence-corrected chi connectivity index (χ0v) is 48.2. The summed E-state index contributed by atoms with van der Waals surface area (Å²) in [4.78, 5) is 2.47. The summed E-state index contributed by atoms with van der Waals surface area (Å²) < 4.78 is 0. The van der Waals surface area contributed by atoms with Gasteiger partial charge in [-0.1, -0.05) is 272 Å². The molecule has 0 unspecified atom stereocenters. The molecule has 81 heavy (non-hydrogen) atoms. The largest absolute Gasteiger partial charge is 0.310 e. The molecule has 0 bridgehead atoms. The highest BCUT2D eigenvalue weighted by Crippen LogP contribution is 2.63. The third kappa shape index (κ3) is 9.28. The maximum atomic E-state index is 2.62. The van der Waals surface area contributed by atoms with Crippen molar-refractivity contribution in [2.45, 2.75) is 128 Å². The normalized spacial score (nSPS) is 13.6. The van der Waals surface area contributed by atoms with Crippen LogP contribution in [0.4, 0.5) is 17.1 Å². The number of hydrogen-bond acceptors (Lipinski definition) is 1. The Morgan fingerprint density at radius 3 is 1.30 bits per heavy atom. The molecule has 402 valence electrons. The smallest absolute Gasteiger partial charge is 0.0726 e. The topological polar surface area (TPSA) is 3.24 Å². The number of rotatable bonds is 20. The molecule has 1 spiro atoms. The molecular weight excluding hydrogens is 975 g/mol. The van der Waals surface area contributed by atoms with Crippen LogP contribution in [-0.4, -0.2) is 0 Å². The van der Waals surface area contributed by atoms with Gasteiger partial charge in [-0.2, -0.15) is 0 Å². The van der Waals surface area contributed by atoms with Crippen LogP contribution in [0.2, 0.25) is 0 Å². The molecule has 0 radical (unpaired) electrons. The molecule has 0 amide bonds. The summed E-state index contributed by atoms with van der Waals surface area (Å²) in [6, 6.07) is 85.9. The second-order valence-electron chi connectivity index (χ2n) is 23.9. The first kappa shape index (κ1) is 52.4. The standard InChI is InChI=1S/C80H77N/c1-5-7-9-11-13-24-50-79(51-25-14-12-10-8-6-2)76-52-56(3)34-47-69(76)70-48-41-62(54-77(70)79)61-36-35-57(4)72(53-61)60-39-44-64(45-40-60)81(63-42-37-59(38-43-63)58-26-16-15-17-27-58)65-46-49-71-68-30-20-23-33-75(68)80(78(71)55-65)73-31-21-18-28-66(73)67-29-19-22-32-74(67)80/h15-23,26-49,52-55H,5-14,24-25,50-51H2,1-4H3. The second-order valence-corrected chi connectivity index (χ2v) is 23.9. The van der Waals surface area contributed by atoms with Crippen LogP contribution < -0.4 is 4.90 Å². The fourth-order valence-corrected chi connectivity index (χ4v) is 14.9. The van der Waals surface area contributed by atoms with E-state index in [9.17, 15) is 0 Å². The third-order valence-corrected chi connectivity index (χ3v) is 18.9. The Bertz CT molecular complexity index is 3800. The summed E-state index contributed by atoms with van der Waals surface area (Å²) in [5.41, 5.74) is 29.9. The highest BCUT2D eigenvalue weighted by atomic mass is 15.1. The van der Waals surface area contributed by atoms with E-state index in [4.69, 9.17) is 0 Å². The van der Waals surface area contributed by atoms with Crippen LogP contribution >= 0.6 is 0 Å². The predicted octanol–water partition coefficient (Wildman–Crippen LogP) is 22.9. The number of nitrogens with zero attached hydrogens (tertiary/aromatic N) is 1. The van der Waals surface area contributed by atoms with Gasteiger partial charge in [0, 0.05) is 22.5 Å². The SMILES string of the molecule is CCCCCCCCC1(CCCCCCCC)c2cc(C)ccc2-c2ccc(-c3ccc(C)c(-c4ccc(N(c5ccc(-c6ccccc6)cc5)c5ccc6c(c5)C5(c7ccccc7-c7ccccc75)c5ccccc5-6)cc4)c3)cc21. The predicted molar refractivity (Wildman–Crippen MR) is 345 cm³/mol. The van der Waals surface area contributed by atoms with E-state index in [-0.39, 0.29) is 5.41 Å². The summed E-state index contributed by atoms with van der Waals surface area (Å²) in [5, 5.41) is 0. The van der Waals surface area contributed by atoms with E-state index in [1.165, 1.54) is 190 Å². The number of hydrogen-bond donors (Lipinski definition) is 0. The lowest BCUT2D eigenvalue weighted by Gasteiger charge is -2.33. The highest BCUT2D eigenvalue weighted by Gasteiger charge is 2.52. The van der Waals surface area contributed by atoms with Gasteiger partial charge in [-0.15, -0.1) is 0 Å². The lowest BCUT2D eigenvalue weighted by molar-refractivity contribution is 0.398. The van der Waals surface area contributed by atoms with E-state index >= 15 is 0 Å². The van der Waals surface area contributed by atoms with Gasteiger partial charge in [0.2, 0.25) is 0 Å². The van der Waals surface area contributed by atoms with Gasteiger partial charge < -0.3 is 4.90 Å². The Morgan fingerprint density at radius 2 is 0.704 bits per heavy atom. The molecule has 10 aromatic rings. The van der Waals surface area contributed by atoms with Crippen molar-refractivity contribution in [3.63, 3.8) is 0 Å². The Labute approximate surface area is 483 Å². The quantitative estimate of drug-likeness (QED) is 0.0688. The first-order valence-corrected chi connectivity index (χ1v) is 30.8. The number of fused-ring (bicyclic) bond motifs is 13. The van der Waals surface area contributed by atoms with Gasteiger partial charge in [-0.05, 0) is 181 Å². The van der Waals surface area contributed by atoms with E-state index in [0.29, 0.717) is 0 Å². The molecule has 0 atom stereocenters. The van der Waals surface area contributed by atoms with E-state index in [2.05, 4.69) is 257 Å². The summed E-state index contributed by atoms with van der Waals surface area (Å²) in [6.45, 7) is 9.23. The maximum Gasteiger partial charge on any atom is 0.0726 e. The van der Waals surface area contributed by atoms with Crippen LogP contribution in [0.5, 0.6) is 0 Å². The van der Waals surface area contributed by atoms with Crippen molar-refractivity contribution < 1.29 is 0 Å². The molecule has 0 saturated carbocycles. The van der Waals surface area contributed by atoms with Gasteiger partial charge in [0.15, 0.2) is 0 Å². The molecule has 0 N–H and O–H groups in total. The van der Waals surface area contributed by atoms with Crippen molar-refractivity contribution >= 4 is 17.1 Å². The van der Waals surface area contributed by atoms with Gasteiger partial charge in [-0.25, -0.2) is 0 Å². The van der Waals surface area contributed by atoms with Crippen molar-refractivity contribution in [3.8, 4) is 66.8 Å². The molecule has 1 nitrogen and oxygen atoms in total. The first-order valence-electron chi connectivity index (χ1n) is 30.8. The average Bonchev–Trinajstić information content (AvgIpc) is 3.99. The lowest BCUT2D eigenvalue weighted by Crippen LogP contribution is -2.26. The molecule has 0 heterocycles. The Hall–Kier alpha value is -8.00. The number of anilines is 3. The molecular formula is C80H77N. The molecule has 3 aliphatic carbocycles. The first-order chi connectivity index (χ1) is 39.9. The van der Waals surface area contributed by atoms with Gasteiger partial charge in [0.05, 0.1) is 5.41 Å². The maximum absolute atomic E-state index is 2.62. The van der Waals surface area contributed by atoms with Crippen molar-refractivity contribution in [1.82, 2.24) is 0 Å². The van der Waals surface area contributed by atoms with Crippen molar-refractivity contribution in [2.75, 3.05) is 4.90 Å². The fourth-order valence-electron chi connectivity index (χ4n) is 14.9. The zero-order chi connectivity index (χ0) is 54.9. The third-order valence-electron chi connectivity index (χ3n) is 18.9. The van der Waals surface area contributed by atoms with Crippen molar-refractivity contribution in [3.05, 3.63) is 269 Å². The van der Waals surface area contributed by atoms with Gasteiger partial charge in [-0.3, -0.25) is 0 Å². The van der Waals surface area contributed by atoms with E-state index in [0.717, 1.165) is 17.1 Å². The lowest BCUT2D eigenvalue weighted by atomic mass is 9.70. The molecule has 3 aliphatic rings. The summed E-state index contributed by atoms with van der Waals surface area (Å²) >= 11 is 0. The van der Waals surface area contributed by atoms with E-state index in [1.807, 2.05) is 0 Å². The minimum Gasteiger partial charge on any atom is -0.310 e. The Kier molecular flexibility index (Phi) is 14.6. The Balaban J connectivity index is 0.880. The van der Waals surface area contributed by atoms with Gasteiger partial charge >= 0.3 is 0 Å². The van der Waals surface area contributed by atoms with Crippen molar-refractivity contribution in [1.29, 1.82) is 0 Å². The highest BCUT2D eigenvalue weighted by molar-refractivity contribution is 5.96. The zero-order valence-electron chi connectivity index (χ0n) is 48.2. The number of aryl methyl sites for hydroxylation is 2. The number of benzene rings is 10. The molecule has 0 fully saturated rings. The van der Waals surface area contributed by atoms with Crippen LogP contribution in [0, 0.1) is 13.8 Å². The van der Waals surface area contributed by atoms with E-state index in [1.54, 1.807) is 11.1 Å². The monoisotopic (exact) mass is 1050 g/mol. The summed E-state index contributed by atoms with van der Waals surface area (Å²) in [6.07, 6.45) is 18.3. The van der Waals surface area contributed by atoms with E-state index < -0.39 is 5.41 Å².